The number of hydrogen-bond donors (Lipinski definition) is 2. The molecular weight excluding hydrogens is 500 g/mol. The van der Waals surface area contributed by atoms with E-state index in [1.807, 2.05) is 6.92 Å². The first-order chi connectivity index (χ1) is 13.5. The summed E-state index contributed by atoms with van der Waals surface area (Å²) in [5, 5.41) is 6.51. The number of nitrogens with zero attached hydrogens (tertiary/aromatic N) is 2. The zero-order valence-corrected chi connectivity index (χ0v) is 19.0. The van der Waals surface area contributed by atoms with Gasteiger partial charge in [0.25, 0.3) is 0 Å². The maximum absolute atomic E-state index is 12.2. The molecule has 1 heterocycles. The van der Waals surface area contributed by atoms with Gasteiger partial charge in [0.15, 0.2) is 12.6 Å². The second kappa shape index (κ2) is 13.9. The summed E-state index contributed by atoms with van der Waals surface area (Å²) in [5.74, 6) is 0.917. The standard InChI is InChI=1S/C19H29F3N4O2.HI/c1-2-23-18(24-8-3-9-26-10-12-27-13-11-26)25-14-16-4-6-17(7-5-16)28-15-19(20,21)22;/h4-7H,2-3,8-15H2,1H3,(H2,23,24,25);1H. The van der Waals surface area contributed by atoms with Crippen LogP contribution in [0, 0.1) is 0 Å². The third-order valence-corrected chi connectivity index (χ3v) is 4.14. The lowest BCUT2D eigenvalue weighted by molar-refractivity contribution is -0.153. The second-order valence-corrected chi connectivity index (χ2v) is 6.48. The van der Waals surface area contributed by atoms with Gasteiger partial charge in [-0.25, -0.2) is 4.99 Å². The van der Waals surface area contributed by atoms with Gasteiger partial charge in [-0.15, -0.1) is 24.0 Å². The molecule has 0 spiro atoms. The first-order valence-electron chi connectivity index (χ1n) is 9.57. The van der Waals surface area contributed by atoms with Crippen LogP contribution in [0.3, 0.4) is 0 Å². The van der Waals surface area contributed by atoms with Crippen LogP contribution in [0.25, 0.3) is 0 Å². The molecule has 2 rings (SSSR count). The molecule has 0 radical (unpaired) electrons. The highest BCUT2D eigenvalue weighted by atomic mass is 127. The number of guanidine groups is 1. The number of alkyl halides is 3. The Morgan fingerprint density at radius 2 is 1.86 bits per heavy atom. The number of rotatable bonds is 9. The van der Waals surface area contributed by atoms with Crippen molar-refractivity contribution in [1.82, 2.24) is 15.5 Å². The van der Waals surface area contributed by atoms with Crippen LogP contribution in [0.4, 0.5) is 13.2 Å². The summed E-state index contributed by atoms with van der Waals surface area (Å²) < 4.78 is 46.6. The van der Waals surface area contributed by atoms with Crippen molar-refractivity contribution in [2.75, 3.05) is 52.5 Å². The Morgan fingerprint density at radius 3 is 2.48 bits per heavy atom. The first kappa shape index (κ1) is 25.8. The van der Waals surface area contributed by atoms with E-state index in [-0.39, 0.29) is 29.7 Å². The molecule has 0 aromatic heterocycles. The zero-order valence-electron chi connectivity index (χ0n) is 16.6. The van der Waals surface area contributed by atoms with Crippen LogP contribution in [0.2, 0.25) is 0 Å². The molecule has 2 N–H and O–H groups in total. The Morgan fingerprint density at radius 1 is 1.17 bits per heavy atom. The summed E-state index contributed by atoms with van der Waals surface area (Å²) in [5.41, 5.74) is 0.893. The molecule has 0 saturated carbocycles. The average Bonchev–Trinajstić information content (AvgIpc) is 2.68. The maximum Gasteiger partial charge on any atom is 0.422 e. The minimum Gasteiger partial charge on any atom is -0.484 e. The van der Waals surface area contributed by atoms with E-state index in [9.17, 15) is 13.2 Å². The summed E-state index contributed by atoms with van der Waals surface area (Å²) >= 11 is 0. The van der Waals surface area contributed by atoms with E-state index in [0.717, 1.165) is 63.9 Å². The van der Waals surface area contributed by atoms with Gasteiger partial charge in [0.1, 0.15) is 5.75 Å². The van der Waals surface area contributed by atoms with Gasteiger partial charge < -0.3 is 20.1 Å². The van der Waals surface area contributed by atoms with Crippen molar-refractivity contribution < 1.29 is 22.6 Å². The summed E-state index contributed by atoms with van der Waals surface area (Å²) in [6, 6.07) is 6.49. The number of aliphatic imine (C=N–C) groups is 1. The van der Waals surface area contributed by atoms with Crippen molar-refractivity contribution >= 4 is 29.9 Å². The predicted octanol–water partition coefficient (Wildman–Crippen LogP) is 3.02. The largest absolute Gasteiger partial charge is 0.484 e. The van der Waals surface area contributed by atoms with Crippen molar-refractivity contribution in [2.45, 2.75) is 26.1 Å². The van der Waals surface area contributed by atoms with Crippen LogP contribution < -0.4 is 15.4 Å². The topological polar surface area (TPSA) is 58.1 Å². The monoisotopic (exact) mass is 530 g/mol. The number of nitrogens with one attached hydrogen (secondary N) is 2. The highest BCUT2D eigenvalue weighted by molar-refractivity contribution is 14.0. The Bertz CT molecular complexity index is 594. The Hall–Kier alpha value is -1.27. The molecule has 1 aromatic carbocycles. The lowest BCUT2D eigenvalue weighted by Gasteiger charge is -2.26. The molecule has 0 bridgehead atoms. The van der Waals surface area contributed by atoms with Crippen LogP contribution in [-0.4, -0.2) is 69.6 Å². The molecule has 1 aliphatic rings. The molecule has 1 saturated heterocycles. The Kier molecular flexibility index (Phi) is 12.3. The molecule has 0 unspecified atom stereocenters. The molecule has 1 fully saturated rings. The molecule has 1 aromatic rings. The quantitative estimate of drug-likeness (QED) is 0.223. The van der Waals surface area contributed by atoms with Gasteiger partial charge in [0, 0.05) is 26.2 Å². The minimum atomic E-state index is -4.34. The van der Waals surface area contributed by atoms with Crippen molar-refractivity contribution in [3.8, 4) is 5.75 Å². The fraction of sp³-hybridized carbons (Fsp3) is 0.632. The van der Waals surface area contributed by atoms with E-state index in [4.69, 9.17) is 9.47 Å². The van der Waals surface area contributed by atoms with Gasteiger partial charge >= 0.3 is 6.18 Å². The van der Waals surface area contributed by atoms with E-state index in [1.165, 1.54) is 12.1 Å². The number of ether oxygens (including phenoxy) is 2. The summed E-state index contributed by atoms with van der Waals surface area (Å²) in [6.07, 6.45) is -3.33. The Balaban J connectivity index is 0.00000420. The highest BCUT2D eigenvalue weighted by Gasteiger charge is 2.28. The third-order valence-electron chi connectivity index (χ3n) is 4.14. The Labute approximate surface area is 187 Å². The van der Waals surface area contributed by atoms with E-state index in [2.05, 4.69) is 20.5 Å². The molecule has 29 heavy (non-hydrogen) atoms. The molecule has 6 nitrogen and oxygen atoms in total. The van der Waals surface area contributed by atoms with Crippen molar-refractivity contribution in [3.63, 3.8) is 0 Å². The molecule has 0 amide bonds. The number of benzene rings is 1. The molecule has 166 valence electrons. The molecule has 0 aliphatic carbocycles. The smallest absolute Gasteiger partial charge is 0.422 e. The lowest BCUT2D eigenvalue weighted by atomic mass is 10.2. The van der Waals surface area contributed by atoms with Crippen LogP contribution in [0.5, 0.6) is 5.75 Å². The van der Waals surface area contributed by atoms with E-state index in [1.54, 1.807) is 12.1 Å². The molecule has 0 atom stereocenters. The van der Waals surface area contributed by atoms with Gasteiger partial charge in [0.2, 0.25) is 0 Å². The lowest BCUT2D eigenvalue weighted by Crippen LogP contribution is -2.40. The summed E-state index contributed by atoms with van der Waals surface area (Å²) in [7, 11) is 0. The first-order valence-corrected chi connectivity index (χ1v) is 9.57. The molecule has 10 heteroatoms. The highest BCUT2D eigenvalue weighted by Crippen LogP contribution is 2.19. The van der Waals surface area contributed by atoms with Crippen LogP contribution >= 0.6 is 24.0 Å². The predicted molar refractivity (Wildman–Crippen MR) is 118 cm³/mol. The number of hydrogen-bond acceptors (Lipinski definition) is 4. The second-order valence-electron chi connectivity index (χ2n) is 6.48. The van der Waals surface area contributed by atoms with Crippen LogP contribution in [-0.2, 0) is 11.3 Å². The fourth-order valence-electron chi connectivity index (χ4n) is 2.70. The van der Waals surface area contributed by atoms with E-state index in [0.29, 0.717) is 6.54 Å². The fourth-order valence-corrected chi connectivity index (χ4v) is 2.70. The van der Waals surface area contributed by atoms with E-state index < -0.39 is 12.8 Å². The van der Waals surface area contributed by atoms with Gasteiger partial charge in [-0.1, -0.05) is 12.1 Å². The van der Waals surface area contributed by atoms with Crippen LogP contribution in [0.15, 0.2) is 29.3 Å². The van der Waals surface area contributed by atoms with Gasteiger partial charge in [-0.05, 0) is 37.6 Å². The van der Waals surface area contributed by atoms with Crippen molar-refractivity contribution in [1.29, 1.82) is 0 Å². The minimum absolute atomic E-state index is 0. The molecule has 1 aliphatic heterocycles. The van der Waals surface area contributed by atoms with Crippen molar-refractivity contribution in [3.05, 3.63) is 29.8 Å². The van der Waals surface area contributed by atoms with Crippen LogP contribution in [0.1, 0.15) is 18.9 Å². The van der Waals surface area contributed by atoms with E-state index >= 15 is 0 Å². The summed E-state index contributed by atoms with van der Waals surface area (Å²) in [6.45, 7) is 7.30. The zero-order chi connectivity index (χ0) is 20.2. The SMILES string of the molecule is CCNC(=NCc1ccc(OCC(F)(F)F)cc1)NCCCN1CCOCC1.I. The van der Waals surface area contributed by atoms with Gasteiger partial charge in [-0.3, -0.25) is 4.90 Å². The number of halogens is 4. The third kappa shape index (κ3) is 11.5. The maximum atomic E-state index is 12.2. The number of morpholine rings is 1. The van der Waals surface area contributed by atoms with Gasteiger partial charge in [-0.2, -0.15) is 13.2 Å². The average molecular weight is 530 g/mol. The van der Waals surface area contributed by atoms with Crippen molar-refractivity contribution in [2.24, 2.45) is 4.99 Å². The molecular formula is C19H30F3IN4O2. The normalized spacial score (nSPS) is 15.5. The summed E-state index contributed by atoms with van der Waals surface area (Å²) in [4.78, 5) is 6.91. The van der Waals surface area contributed by atoms with Gasteiger partial charge in [0.05, 0.1) is 19.8 Å².